The van der Waals surface area contributed by atoms with Gasteiger partial charge in [0.2, 0.25) is 0 Å². The van der Waals surface area contributed by atoms with Crippen molar-refractivity contribution < 1.29 is 27.2 Å². The van der Waals surface area contributed by atoms with Crippen LogP contribution in [0.2, 0.25) is 0 Å². The molecule has 0 atom stereocenters. The van der Waals surface area contributed by atoms with Crippen LogP contribution in [0.15, 0.2) is 28.8 Å². The van der Waals surface area contributed by atoms with Gasteiger partial charge < -0.3 is 14.2 Å². The Hall–Kier alpha value is -3.30. The van der Waals surface area contributed by atoms with Crippen molar-refractivity contribution in [2.24, 2.45) is 7.05 Å². The fraction of sp³-hybridized carbons (Fsp3) is 0.381. The molecular weight excluding hydrogens is 413 g/mol. The Morgan fingerprint density at radius 1 is 1.23 bits per heavy atom. The molecule has 2 aromatic heterocycles. The Kier molecular flexibility index (Phi) is 6.10. The largest absolute Gasteiger partial charge is 0.489 e. The number of rotatable bonds is 6. The summed E-state index contributed by atoms with van der Waals surface area (Å²) in [6.07, 6.45) is -4.47. The minimum Gasteiger partial charge on any atom is -0.489 e. The van der Waals surface area contributed by atoms with E-state index in [-0.39, 0.29) is 24.0 Å². The predicted molar refractivity (Wildman–Crippen MR) is 105 cm³/mol. The van der Waals surface area contributed by atoms with Crippen molar-refractivity contribution in [1.82, 2.24) is 19.8 Å². The Labute approximate surface area is 177 Å². The second kappa shape index (κ2) is 8.44. The van der Waals surface area contributed by atoms with Crippen molar-refractivity contribution in [3.8, 4) is 5.75 Å². The van der Waals surface area contributed by atoms with E-state index < -0.39 is 11.7 Å². The molecule has 0 radical (unpaired) electrons. The van der Waals surface area contributed by atoms with Gasteiger partial charge in [-0.1, -0.05) is 11.2 Å². The van der Waals surface area contributed by atoms with Crippen LogP contribution in [0.1, 0.15) is 44.3 Å². The van der Waals surface area contributed by atoms with Gasteiger partial charge in [-0.3, -0.25) is 9.48 Å². The minimum absolute atomic E-state index is 0.0313. The first-order chi connectivity index (χ1) is 14.5. The topological polar surface area (TPSA) is 73.4 Å². The number of nitrogens with zero attached hydrogens (tertiary/aromatic N) is 4. The van der Waals surface area contributed by atoms with Crippen molar-refractivity contribution in [3.63, 3.8) is 0 Å². The summed E-state index contributed by atoms with van der Waals surface area (Å²) < 4.78 is 51.1. The molecule has 3 aromatic rings. The molecule has 0 spiro atoms. The van der Waals surface area contributed by atoms with Crippen LogP contribution >= 0.6 is 0 Å². The number of ether oxygens (including phenoxy) is 1. The summed E-state index contributed by atoms with van der Waals surface area (Å²) in [6, 6.07) is 4.55. The summed E-state index contributed by atoms with van der Waals surface area (Å²) >= 11 is 0. The summed E-state index contributed by atoms with van der Waals surface area (Å²) in [5.74, 6) is 0.00315. The van der Waals surface area contributed by atoms with Crippen LogP contribution in [0.3, 0.4) is 0 Å². The van der Waals surface area contributed by atoms with E-state index in [1.807, 2.05) is 20.9 Å². The van der Waals surface area contributed by atoms with Crippen LogP contribution in [-0.4, -0.2) is 32.8 Å². The van der Waals surface area contributed by atoms with Gasteiger partial charge in [-0.2, -0.15) is 18.3 Å². The Balaban J connectivity index is 1.77. The lowest BCUT2D eigenvalue weighted by Crippen LogP contribution is -2.28. The normalized spacial score (nSPS) is 11.6. The van der Waals surface area contributed by atoms with E-state index >= 15 is 0 Å². The molecule has 7 nitrogen and oxygen atoms in total. The highest BCUT2D eigenvalue weighted by Crippen LogP contribution is 2.31. The molecule has 1 amide bonds. The molecule has 1 aromatic carbocycles. The fourth-order valence-electron chi connectivity index (χ4n) is 3.18. The standard InChI is InChI=1S/C21H23F3N4O3/c1-12-17(13(2)28(5)25-12)10-27(4)20(29)19-18(14(3)31-26-19)11-30-16-8-6-7-15(9-16)21(22,23)24/h6-9H,10-11H2,1-5H3. The van der Waals surface area contributed by atoms with Gasteiger partial charge in [0.15, 0.2) is 5.69 Å². The average Bonchev–Trinajstić information content (AvgIpc) is 3.19. The van der Waals surface area contributed by atoms with E-state index in [9.17, 15) is 18.0 Å². The maximum absolute atomic E-state index is 13.0. The molecule has 0 aliphatic heterocycles. The van der Waals surface area contributed by atoms with Gasteiger partial charge in [0.1, 0.15) is 18.1 Å². The average molecular weight is 436 g/mol. The lowest BCUT2D eigenvalue weighted by atomic mass is 10.1. The predicted octanol–water partition coefficient (Wildman–Crippen LogP) is 4.20. The van der Waals surface area contributed by atoms with Crippen LogP contribution in [0.25, 0.3) is 0 Å². The third-order valence-electron chi connectivity index (χ3n) is 5.13. The zero-order chi connectivity index (χ0) is 22.9. The first-order valence-corrected chi connectivity index (χ1v) is 9.48. The SMILES string of the molecule is Cc1nn(C)c(C)c1CN(C)C(=O)c1noc(C)c1COc1cccc(C(F)(F)F)c1. The summed E-state index contributed by atoms with van der Waals surface area (Å²) in [5.41, 5.74) is 2.33. The molecule has 166 valence electrons. The molecule has 10 heteroatoms. The number of alkyl halides is 3. The number of hydrogen-bond donors (Lipinski definition) is 0. The van der Waals surface area contributed by atoms with E-state index in [2.05, 4.69) is 10.3 Å². The second-order valence-corrected chi connectivity index (χ2v) is 7.31. The molecular formula is C21H23F3N4O3. The molecule has 0 aliphatic carbocycles. The lowest BCUT2D eigenvalue weighted by Gasteiger charge is -2.17. The fourth-order valence-corrected chi connectivity index (χ4v) is 3.18. The maximum Gasteiger partial charge on any atom is 0.416 e. The minimum atomic E-state index is -4.47. The molecule has 0 saturated carbocycles. The van der Waals surface area contributed by atoms with Gasteiger partial charge >= 0.3 is 6.18 Å². The van der Waals surface area contributed by atoms with E-state index in [0.29, 0.717) is 17.9 Å². The summed E-state index contributed by atoms with van der Waals surface area (Å²) in [6.45, 7) is 5.57. The van der Waals surface area contributed by atoms with Gasteiger partial charge in [0.05, 0.1) is 16.8 Å². The van der Waals surface area contributed by atoms with Gasteiger partial charge in [0, 0.05) is 31.9 Å². The van der Waals surface area contributed by atoms with Crippen molar-refractivity contribution in [3.05, 3.63) is 63.8 Å². The van der Waals surface area contributed by atoms with Crippen LogP contribution in [0.4, 0.5) is 13.2 Å². The summed E-state index contributed by atoms with van der Waals surface area (Å²) in [7, 11) is 3.47. The number of hydrogen-bond acceptors (Lipinski definition) is 5. The zero-order valence-corrected chi connectivity index (χ0v) is 17.9. The van der Waals surface area contributed by atoms with Gasteiger partial charge in [-0.05, 0) is 39.0 Å². The third-order valence-corrected chi connectivity index (χ3v) is 5.13. The van der Waals surface area contributed by atoms with Crippen molar-refractivity contribution in [1.29, 1.82) is 0 Å². The number of amides is 1. The number of aromatic nitrogens is 3. The van der Waals surface area contributed by atoms with Gasteiger partial charge in [-0.25, -0.2) is 0 Å². The smallest absolute Gasteiger partial charge is 0.416 e. The third kappa shape index (κ3) is 4.73. The number of aryl methyl sites for hydroxylation is 3. The lowest BCUT2D eigenvalue weighted by molar-refractivity contribution is -0.137. The molecule has 0 fully saturated rings. The molecule has 0 unspecified atom stereocenters. The van der Waals surface area contributed by atoms with Gasteiger partial charge in [-0.15, -0.1) is 0 Å². The monoisotopic (exact) mass is 436 g/mol. The Bertz CT molecular complexity index is 1100. The molecule has 3 rings (SSSR count). The van der Waals surface area contributed by atoms with Crippen molar-refractivity contribution >= 4 is 5.91 Å². The number of halogens is 3. The van der Waals surface area contributed by atoms with Crippen LogP contribution in [0.5, 0.6) is 5.75 Å². The number of carbonyl (C=O) groups excluding carboxylic acids is 1. The molecule has 31 heavy (non-hydrogen) atoms. The number of carbonyl (C=O) groups is 1. The highest BCUT2D eigenvalue weighted by atomic mass is 19.4. The van der Waals surface area contributed by atoms with E-state index in [1.165, 1.54) is 17.0 Å². The van der Waals surface area contributed by atoms with Crippen molar-refractivity contribution in [2.75, 3.05) is 7.05 Å². The molecule has 0 N–H and O–H groups in total. The van der Waals surface area contributed by atoms with E-state index in [0.717, 1.165) is 29.1 Å². The van der Waals surface area contributed by atoms with Crippen LogP contribution in [0, 0.1) is 20.8 Å². The Morgan fingerprint density at radius 2 is 1.94 bits per heavy atom. The second-order valence-electron chi connectivity index (χ2n) is 7.31. The molecule has 0 aliphatic rings. The summed E-state index contributed by atoms with van der Waals surface area (Å²) in [4.78, 5) is 14.5. The zero-order valence-electron chi connectivity index (χ0n) is 17.9. The molecule has 2 heterocycles. The summed E-state index contributed by atoms with van der Waals surface area (Å²) in [5, 5.41) is 8.20. The Morgan fingerprint density at radius 3 is 2.55 bits per heavy atom. The van der Waals surface area contributed by atoms with Crippen LogP contribution < -0.4 is 4.74 Å². The quantitative estimate of drug-likeness (QED) is 0.579. The highest BCUT2D eigenvalue weighted by molar-refractivity contribution is 5.93. The maximum atomic E-state index is 13.0. The highest BCUT2D eigenvalue weighted by Gasteiger charge is 2.31. The van der Waals surface area contributed by atoms with E-state index in [1.54, 1.807) is 18.7 Å². The van der Waals surface area contributed by atoms with Gasteiger partial charge in [0.25, 0.3) is 5.91 Å². The number of benzene rings is 1. The molecule has 0 saturated heterocycles. The van der Waals surface area contributed by atoms with E-state index in [4.69, 9.17) is 9.26 Å². The van der Waals surface area contributed by atoms with Crippen LogP contribution in [-0.2, 0) is 26.4 Å². The first-order valence-electron chi connectivity index (χ1n) is 9.48. The van der Waals surface area contributed by atoms with Crippen molar-refractivity contribution in [2.45, 2.75) is 40.1 Å². The first kappa shape index (κ1) is 22.4. The molecule has 0 bridgehead atoms.